The number of morpholine rings is 1. The molecule has 20 heavy (non-hydrogen) atoms. The molecule has 1 fully saturated rings. The maximum absolute atomic E-state index is 5.89. The van der Waals surface area contributed by atoms with Crippen LogP contribution >= 0.6 is 31.9 Å². The van der Waals surface area contributed by atoms with Gasteiger partial charge < -0.3 is 9.64 Å². The highest BCUT2D eigenvalue weighted by Crippen LogP contribution is 2.28. The first-order chi connectivity index (χ1) is 9.67. The fourth-order valence-corrected chi connectivity index (χ4v) is 3.25. The lowest BCUT2D eigenvalue weighted by atomic mass is 10.2. The van der Waals surface area contributed by atoms with Gasteiger partial charge in [0.25, 0.3) is 0 Å². The van der Waals surface area contributed by atoms with Crippen LogP contribution < -0.4 is 4.90 Å². The number of alkyl halides is 1. The Morgan fingerprint density at radius 3 is 3.05 bits per heavy atom. The molecule has 3 rings (SSSR count). The smallest absolute Gasteiger partial charge is 0.112 e. The van der Waals surface area contributed by atoms with Crippen molar-refractivity contribution >= 4 is 48.6 Å². The van der Waals surface area contributed by atoms with Crippen molar-refractivity contribution in [2.75, 3.05) is 23.3 Å². The van der Waals surface area contributed by atoms with Crippen molar-refractivity contribution in [2.24, 2.45) is 0 Å². The molecular formula is C14H15Br2N3O. The number of nitrogens with zero attached hydrogens (tertiary/aromatic N) is 3. The van der Waals surface area contributed by atoms with Gasteiger partial charge in [-0.1, -0.05) is 15.9 Å². The molecule has 0 radical (unpaired) electrons. The molecule has 6 heteroatoms. The molecule has 2 aromatic rings. The fraction of sp³-hybridized carbons (Fsp3) is 0.429. The SMILES string of the molecule is CC1CN(c2ccnc3cc(Br)cnc23)CC(CBr)O1. The molecule has 2 atom stereocenters. The van der Waals surface area contributed by atoms with E-state index >= 15 is 0 Å². The van der Waals surface area contributed by atoms with E-state index in [2.05, 4.69) is 53.7 Å². The average molecular weight is 401 g/mol. The molecule has 106 valence electrons. The number of ether oxygens (including phenoxy) is 1. The lowest BCUT2D eigenvalue weighted by Crippen LogP contribution is -2.47. The van der Waals surface area contributed by atoms with Crippen LogP contribution in [0.3, 0.4) is 0 Å². The predicted molar refractivity (Wildman–Crippen MR) is 87.6 cm³/mol. The number of halogens is 2. The van der Waals surface area contributed by atoms with E-state index in [0.29, 0.717) is 0 Å². The van der Waals surface area contributed by atoms with E-state index in [9.17, 15) is 0 Å². The Kier molecular flexibility index (Phi) is 4.23. The zero-order chi connectivity index (χ0) is 14.1. The van der Waals surface area contributed by atoms with E-state index in [1.54, 1.807) is 0 Å². The quantitative estimate of drug-likeness (QED) is 0.724. The minimum atomic E-state index is 0.206. The van der Waals surface area contributed by atoms with Crippen molar-refractivity contribution < 1.29 is 4.74 Å². The summed E-state index contributed by atoms with van der Waals surface area (Å²) < 4.78 is 6.83. The first-order valence-corrected chi connectivity index (χ1v) is 8.45. The summed E-state index contributed by atoms with van der Waals surface area (Å²) >= 11 is 6.95. The molecule has 0 aromatic carbocycles. The standard InChI is InChI=1S/C14H15Br2N3O/c1-9-7-19(8-11(5-15)20-9)13-2-3-17-12-4-10(16)6-18-14(12)13/h2-4,6,9,11H,5,7-8H2,1H3. The van der Waals surface area contributed by atoms with Crippen LogP contribution in [0.5, 0.6) is 0 Å². The molecule has 3 heterocycles. The molecule has 2 unspecified atom stereocenters. The van der Waals surface area contributed by atoms with Gasteiger partial charge in [0.1, 0.15) is 5.52 Å². The van der Waals surface area contributed by atoms with Gasteiger partial charge in [-0.25, -0.2) is 0 Å². The van der Waals surface area contributed by atoms with E-state index < -0.39 is 0 Å². The van der Waals surface area contributed by atoms with E-state index in [0.717, 1.165) is 39.6 Å². The number of aromatic nitrogens is 2. The summed E-state index contributed by atoms with van der Waals surface area (Å²) in [6.45, 7) is 3.85. The summed E-state index contributed by atoms with van der Waals surface area (Å²) in [5.74, 6) is 0. The first-order valence-electron chi connectivity index (χ1n) is 6.54. The van der Waals surface area contributed by atoms with Crippen molar-refractivity contribution in [3.63, 3.8) is 0 Å². The fourth-order valence-electron chi connectivity index (χ4n) is 2.57. The van der Waals surface area contributed by atoms with Crippen molar-refractivity contribution in [3.8, 4) is 0 Å². The minimum absolute atomic E-state index is 0.206. The van der Waals surface area contributed by atoms with Gasteiger partial charge >= 0.3 is 0 Å². The number of fused-ring (bicyclic) bond motifs is 1. The Balaban J connectivity index is 2.01. The van der Waals surface area contributed by atoms with Crippen molar-refractivity contribution in [2.45, 2.75) is 19.1 Å². The largest absolute Gasteiger partial charge is 0.371 e. The van der Waals surface area contributed by atoms with Crippen LogP contribution in [0, 0.1) is 0 Å². The van der Waals surface area contributed by atoms with Gasteiger partial charge in [-0.2, -0.15) is 0 Å². The van der Waals surface area contributed by atoms with Crippen molar-refractivity contribution in [1.82, 2.24) is 9.97 Å². The predicted octanol–water partition coefficient (Wildman–Crippen LogP) is 3.38. The zero-order valence-electron chi connectivity index (χ0n) is 11.1. The van der Waals surface area contributed by atoms with Crippen LogP contribution in [0.1, 0.15) is 6.92 Å². The average Bonchev–Trinajstić information content (AvgIpc) is 2.45. The Bertz CT molecular complexity index is 622. The second-order valence-electron chi connectivity index (χ2n) is 4.98. The molecule has 1 aliphatic rings. The van der Waals surface area contributed by atoms with Crippen LogP contribution in [0.25, 0.3) is 11.0 Å². The maximum Gasteiger partial charge on any atom is 0.112 e. The third kappa shape index (κ3) is 2.82. The number of rotatable bonds is 2. The number of hydrogen-bond acceptors (Lipinski definition) is 4. The van der Waals surface area contributed by atoms with Crippen LogP contribution in [-0.4, -0.2) is 40.6 Å². The summed E-state index contributed by atoms with van der Waals surface area (Å²) in [6.07, 6.45) is 4.08. The van der Waals surface area contributed by atoms with Crippen molar-refractivity contribution in [1.29, 1.82) is 0 Å². The number of anilines is 1. The molecule has 1 aliphatic heterocycles. The highest BCUT2D eigenvalue weighted by atomic mass is 79.9. The molecule has 2 aromatic heterocycles. The van der Waals surface area contributed by atoms with Gasteiger partial charge in [0.05, 0.1) is 23.4 Å². The van der Waals surface area contributed by atoms with Gasteiger partial charge in [0.2, 0.25) is 0 Å². The first kappa shape index (κ1) is 14.2. The highest BCUT2D eigenvalue weighted by molar-refractivity contribution is 9.10. The Labute approximate surface area is 134 Å². The van der Waals surface area contributed by atoms with Gasteiger partial charge in [0, 0.05) is 35.3 Å². The zero-order valence-corrected chi connectivity index (χ0v) is 14.3. The van der Waals surface area contributed by atoms with E-state index in [4.69, 9.17) is 4.74 Å². The van der Waals surface area contributed by atoms with E-state index in [1.807, 2.05) is 24.5 Å². The van der Waals surface area contributed by atoms with Gasteiger partial charge in [-0.3, -0.25) is 9.97 Å². The molecule has 0 N–H and O–H groups in total. The van der Waals surface area contributed by atoms with Crippen LogP contribution in [0.15, 0.2) is 29.0 Å². The second kappa shape index (κ2) is 5.95. The van der Waals surface area contributed by atoms with Gasteiger partial charge in [-0.15, -0.1) is 0 Å². The molecule has 0 aliphatic carbocycles. The molecular weight excluding hydrogens is 386 g/mol. The van der Waals surface area contributed by atoms with Crippen LogP contribution in [0.4, 0.5) is 5.69 Å². The maximum atomic E-state index is 5.89. The van der Waals surface area contributed by atoms with Crippen LogP contribution in [-0.2, 0) is 4.74 Å². The van der Waals surface area contributed by atoms with E-state index in [-0.39, 0.29) is 12.2 Å². The van der Waals surface area contributed by atoms with E-state index in [1.165, 1.54) is 0 Å². The van der Waals surface area contributed by atoms with Crippen LogP contribution in [0.2, 0.25) is 0 Å². The summed E-state index contributed by atoms with van der Waals surface area (Å²) in [4.78, 5) is 11.3. The normalized spacial score (nSPS) is 23.2. The molecule has 0 amide bonds. The molecule has 0 saturated carbocycles. The molecule has 1 saturated heterocycles. The summed E-state index contributed by atoms with van der Waals surface area (Å²) in [5.41, 5.74) is 2.98. The lowest BCUT2D eigenvalue weighted by Gasteiger charge is -2.37. The molecule has 0 bridgehead atoms. The monoisotopic (exact) mass is 399 g/mol. The third-order valence-electron chi connectivity index (χ3n) is 3.36. The topological polar surface area (TPSA) is 38.2 Å². The number of hydrogen-bond donors (Lipinski definition) is 0. The number of pyridine rings is 2. The summed E-state index contributed by atoms with van der Waals surface area (Å²) in [5, 5.41) is 0.843. The highest BCUT2D eigenvalue weighted by Gasteiger charge is 2.26. The molecule has 4 nitrogen and oxygen atoms in total. The van der Waals surface area contributed by atoms with Gasteiger partial charge in [-0.05, 0) is 35.0 Å². The lowest BCUT2D eigenvalue weighted by molar-refractivity contribution is -0.00191. The minimum Gasteiger partial charge on any atom is -0.371 e. The van der Waals surface area contributed by atoms with Gasteiger partial charge in [0.15, 0.2) is 0 Å². The summed E-state index contributed by atoms with van der Waals surface area (Å²) in [7, 11) is 0. The third-order valence-corrected chi connectivity index (χ3v) is 4.52. The molecule has 0 spiro atoms. The Hall–Kier alpha value is -0.720. The summed E-state index contributed by atoms with van der Waals surface area (Å²) in [6, 6.07) is 4.03. The second-order valence-corrected chi connectivity index (χ2v) is 6.54. The Morgan fingerprint density at radius 1 is 1.40 bits per heavy atom. The van der Waals surface area contributed by atoms with Crippen molar-refractivity contribution in [3.05, 3.63) is 29.0 Å². The Morgan fingerprint density at radius 2 is 2.25 bits per heavy atom.